The monoisotopic (exact) mass is 347 g/mol. The van der Waals surface area contributed by atoms with E-state index in [2.05, 4.69) is 4.72 Å². The fourth-order valence-electron chi connectivity index (χ4n) is 4.32. The largest absolute Gasteiger partial charge is 0.394 e. The molecule has 3 N–H and O–H groups in total. The molecule has 8 heteroatoms. The lowest BCUT2D eigenvalue weighted by Crippen LogP contribution is -2.55. The predicted molar refractivity (Wildman–Crippen MR) is 83.0 cm³/mol. The fraction of sp³-hybridized carbons (Fsp3) is 0.867. The number of carbonyl (C=O) groups is 2. The normalized spacial score (nSPS) is 31.4. The molecule has 2 rings (SSSR count). The van der Waals surface area contributed by atoms with Crippen LogP contribution in [0.4, 0.5) is 0 Å². The molecule has 0 radical (unpaired) electrons. The zero-order valence-corrected chi connectivity index (χ0v) is 14.5. The number of aliphatic hydroxyl groups excluding tert-OH is 2. The molecule has 0 saturated heterocycles. The summed E-state index contributed by atoms with van der Waals surface area (Å²) in [5.41, 5.74) is -2.57. The Hall–Kier alpha value is -0.830. The van der Waals surface area contributed by atoms with Gasteiger partial charge in [-0.25, -0.2) is 13.1 Å². The molecule has 132 valence electrons. The van der Waals surface area contributed by atoms with Crippen LogP contribution in [-0.4, -0.2) is 54.7 Å². The van der Waals surface area contributed by atoms with E-state index in [1.54, 1.807) is 0 Å². The molecular weight excluding hydrogens is 322 g/mol. The minimum absolute atomic E-state index is 0.0233. The van der Waals surface area contributed by atoms with Gasteiger partial charge < -0.3 is 10.2 Å². The van der Waals surface area contributed by atoms with Crippen LogP contribution in [0.2, 0.25) is 0 Å². The van der Waals surface area contributed by atoms with Crippen molar-refractivity contribution < 1.29 is 28.2 Å². The number of aliphatic hydroxyl groups is 2. The molecule has 2 aliphatic rings. The van der Waals surface area contributed by atoms with E-state index >= 15 is 0 Å². The summed E-state index contributed by atoms with van der Waals surface area (Å²) in [6, 6.07) is 0. The number of nitrogens with one attached hydrogen (secondary N) is 1. The highest BCUT2D eigenvalue weighted by Crippen LogP contribution is 2.57. The Labute approximate surface area is 136 Å². The smallest absolute Gasteiger partial charge is 0.213 e. The lowest BCUT2D eigenvalue weighted by molar-refractivity contribution is -0.141. The van der Waals surface area contributed by atoms with E-state index in [0.29, 0.717) is 12.8 Å². The topological polar surface area (TPSA) is 121 Å². The van der Waals surface area contributed by atoms with Crippen LogP contribution < -0.4 is 4.72 Å². The van der Waals surface area contributed by atoms with Crippen molar-refractivity contribution in [3.05, 3.63) is 0 Å². The average molecular weight is 347 g/mol. The van der Waals surface area contributed by atoms with Gasteiger partial charge in [-0.15, -0.1) is 0 Å². The van der Waals surface area contributed by atoms with E-state index < -0.39 is 51.5 Å². The van der Waals surface area contributed by atoms with Gasteiger partial charge in [-0.05, 0) is 31.6 Å². The minimum Gasteiger partial charge on any atom is -0.394 e. The second-order valence-electron chi connectivity index (χ2n) is 7.50. The summed E-state index contributed by atoms with van der Waals surface area (Å²) in [5.74, 6) is -2.12. The molecule has 2 fully saturated rings. The standard InChI is InChI=1S/C15H25NO6S/c1-9(2)11-10-4-5-15(11,13(20)12(10)19)8-23(21,22)16-14(3,6-17)7-18/h9-11,16-18H,4-8H2,1-3H3. The van der Waals surface area contributed by atoms with Gasteiger partial charge in [0.05, 0.1) is 29.9 Å². The Kier molecular flexibility index (Phi) is 4.76. The first-order valence-electron chi connectivity index (χ1n) is 7.84. The van der Waals surface area contributed by atoms with Gasteiger partial charge in [-0.1, -0.05) is 13.8 Å². The maximum atomic E-state index is 12.5. The fourth-order valence-corrected chi connectivity index (χ4v) is 6.42. The number of ketones is 2. The number of hydrogen-bond acceptors (Lipinski definition) is 6. The first-order valence-corrected chi connectivity index (χ1v) is 9.49. The van der Waals surface area contributed by atoms with Crippen molar-refractivity contribution in [1.82, 2.24) is 4.72 Å². The van der Waals surface area contributed by atoms with Crippen molar-refractivity contribution in [3.8, 4) is 0 Å². The third kappa shape index (κ3) is 2.97. The number of sulfonamides is 1. The van der Waals surface area contributed by atoms with E-state index in [4.69, 9.17) is 0 Å². The summed E-state index contributed by atoms with van der Waals surface area (Å²) >= 11 is 0. The zero-order chi connectivity index (χ0) is 17.6. The Balaban J connectivity index is 2.33. The summed E-state index contributed by atoms with van der Waals surface area (Å²) < 4.78 is 27.3. The Morgan fingerprint density at radius 3 is 2.35 bits per heavy atom. The molecule has 0 aromatic carbocycles. The van der Waals surface area contributed by atoms with Gasteiger partial charge >= 0.3 is 0 Å². The number of Topliss-reactive ketones (excluding diaryl/α,β-unsaturated/α-hetero) is 2. The lowest BCUT2D eigenvalue weighted by atomic mass is 9.75. The maximum Gasteiger partial charge on any atom is 0.213 e. The highest BCUT2D eigenvalue weighted by Gasteiger charge is 2.66. The van der Waals surface area contributed by atoms with Crippen LogP contribution in [0.15, 0.2) is 0 Å². The summed E-state index contributed by atoms with van der Waals surface area (Å²) in [7, 11) is -3.96. The van der Waals surface area contributed by atoms with Crippen LogP contribution in [0.25, 0.3) is 0 Å². The SMILES string of the molecule is CC(C)C1C2CCC1(CS(=O)(=O)NC(C)(CO)CO)C(=O)C2=O. The second-order valence-corrected chi connectivity index (χ2v) is 9.22. The number of carbonyl (C=O) groups excluding carboxylic acids is 2. The molecule has 0 aromatic heterocycles. The summed E-state index contributed by atoms with van der Waals surface area (Å²) in [6.45, 7) is 4.03. The number of rotatable bonds is 7. The van der Waals surface area contributed by atoms with Crippen molar-refractivity contribution in [1.29, 1.82) is 0 Å². The van der Waals surface area contributed by atoms with Crippen LogP contribution in [0, 0.1) is 23.2 Å². The van der Waals surface area contributed by atoms with E-state index in [0.717, 1.165) is 0 Å². The Morgan fingerprint density at radius 2 is 1.87 bits per heavy atom. The summed E-state index contributed by atoms with van der Waals surface area (Å²) in [6.07, 6.45) is 0.932. The van der Waals surface area contributed by atoms with Crippen LogP contribution >= 0.6 is 0 Å². The van der Waals surface area contributed by atoms with Gasteiger partial charge in [-0.3, -0.25) is 9.59 Å². The van der Waals surface area contributed by atoms with E-state index in [9.17, 15) is 28.2 Å². The molecule has 0 spiro atoms. The molecule has 2 bridgehead atoms. The van der Waals surface area contributed by atoms with Crippen molar-refractivity contribution in [2.24, 2.45) is 23.2 Å². The van der Waals surface area contributed by atoms with Crippen LogP contribution in [0.1, 0.15) is 33.6 Å². The van der Waals surface area contributed by atoms with Gasteiger partial charge in [0.15, 0.2) is 0 Å². The molecule has 3 unspecified atom stereocenters. The first kappa shape index (κ1) is 18.5. The molecule has 2 saturated carbocycles. The molecule has 0 heterocycles. The highest BCUT2D eigenvalue weighted by atomic mass is 32.2. The van der Waals surface area contributed by atoms with Crippen LogP contribution in [-0.2, 0) is 19.6 Å². The zero-order valence-electron chi connectivity index (χ0n) is 13.7. The van der Waals surface area contributed by atoms with Gasteiger partial charge in [0, 0.05) is 5.92 Å². The van der Waals surface area contributed by atoms with Gasteiger partial charge in [0.25, 0.3) is 0 Å². The predicted octanol–water partition coefficient (Wildman–Crippen LogP) is -0.530. The number of hydrogen-bond donors (Lipinski definition) is 3. The van der Waals surface area contributed by atoms with Crippen molar-refractivity contribution in [2.45, 2.75) is 39.2 Å². The third-order valence-electron chi connectivity index (χ3n) is 5.25. The molecule has 0 amide bonds. The highest BCUT2D eigenvalue weighted by molar-refractivity contribution is 7.89. The van der Waals surface area contributed by atoms with Crippen LogP contribution in [0.5, 0.6) is 0 Å². The minimum atomic E-state index is -3.96. The van der Waals surface area contributed by atoms with Gasteiger partial charge in [0.2, 0.25) is 21.6 Å². The third-order valence-corrected chi connectivity index (χ3v) is 6.95. The first-order chi connectivity index (χ1) is 10.5. The quantitative estimate of drug-likeness (QED) is 0.532. The van der Waals surface area contributed by atoms with E-state index in [-0.39, 0.29) is 17.8 Å². The van der Waals surface area contributed by atoms with E-state index in [1.165, 1.54) is 6.92 Å². The van der Waals surface area contributed by atoms with Gasteiger partial charge in [0.1, 0.15) is 0 Å². The Bertz CT molecular complexity index is 609. The summed E-state index contributed by atoms with van der Waals surface area (Å²) in [5, 5.41) is 18.5. The molecule has 3 atom stereocenters. The molecule has 23 heavy (non-hydrogen) atoms. The second kappa shape index (κ2) is 5.91. The van der Waals surface area contributed by atoms with Gasteiger partial charge in [-0.2, -0.15) is 0 Å². The van der Waals surface area contributed by atoms with Crippen molar-refractivity contribution in [2.75, 3.05) is 19.0 Å². The molecule has 2 aliphatic carbocycles. The lowest BCUT2D eigenvalue weighted by Gasteiger charge is -2.33. The van der Waals surface area contributed by atoms with E-state index in [1.807, 2.05) is 13.8 Å². The number of fused-ring (bicyclic) bond motifs is 2. The Morgan fingerprint density at radius 1 is 1.30 bits per heavy atom. The molecule has 7 nitrogen and oxygen atoms in total. The average Bonchev–Trinajstić information content (AvgIpc) is 2.91. The molecule has 0 aliphatic heterocycles. The maximum absolute atomic E-state index is 12.5. The molecule has 0 aromatic rings. The van der Waals surface area contributed by atoms with Crippen LogP contribution in [0.3, 0.4) is 0 Å². The summed E-state index contributed by atoms with van der Waals surface area (Å²) in [4.78, 5) is 24.6. The molecular formula is C15H25NO6S. The van der Waals surface area contributed by atoms with Crippen molar-refractivity contribution >= 4 is 21.6 Å². The van der Waals surface area contributed by atoms with Crippen molar-refractivity contribution in [3.63, 3.8) is 0 Å².